The van der Waals surface area contributed by atoms with Gasteiger partial charge in [-0.05, 0) is 41.8 Å². The first-order valence-electron chi connectivity index (χ1n) is 11.0. The lowest BCUT2D eigenvalue weighted by molar-refractivity contribution is -0.0753. The van der Waals surface area contributed by atoms with Gasteiger partial charge in [0.2, 0.25) is 0 Å². The van der Waals surface area contributed by atoms with Crippen molar-refractivity contribution in [1.82, 2.24) is 0 Å². The van der Waals surface area contributed by atoms with Gasteiger partial charge in [-0.25, -0.2) is 0 Å². The van der Waals surface area contributed by atoms with Crippen LogP contribution in [0.25, 0.3) is 0 Å². The number of fused-ring (bicyclic) bond motifs is 3. The quantitative estimate of drug-likeness (QED) is 0.523. The largest absolute Gasteiger partial charge is 0.492 e. The minimum Gasteiger partial charge on any atom is -0.492 e. The Labute approximate surface area is 197 Å². The van der Waals surface area contributed by atoms with Gasteiger partial charge in [-0.15, -0.1) is 0 Å². The molecule has 1 aliphatic carbocycles. The summed E-state index contributed by atoms with van der Waals surface area (Å²) in [5, 5.41) is 16.6. The number of benzene rings is 3. The first kappa shape index (κ1) is 21.9. The van der Waals surface area contributed by atoms with Crippen molar-refractivity contribution in [3.05, 3.63) is 99.4 Å². The van der Waals surface area contributed by atoms with Crippen LogP contribution < -0.4 is 15.2 Å². The van der Waals surface area contributed by atoms with Gasteiger partial charge in [-0.3, -0.25) is 0 Å². The van der Waals surface area contributed by atoms with Gasteiger partial charge in [0.15, 0.2) is 0 Å². The molecule has 1 aliphatic heterocycles. The summed E-state index contributed by atoms with van der Waals surface area (Å²) in [6.07, 6.45) is 0.390. The Hall–Kier alpha value is -2.93. The van der Waals surface area contributed by atoms with Crippen molar-refractivity contribution in [2.45, 2.75) is 29.4 Å². The Morgan fingerprint density at radius 1 is 1.12 bits per heavy atom. The Morgan fingerprint density at radius 3 is 2.58 bits per heavy atom. The predicted octanol–water partition coefficient (Wildman–Crippen LogP) is 4.52. The average molecular weight is 465 g/mol. The molecular formula is C26H25ClN2O4. The maximum Gasteiger partial charge on any atom is 0.132 e. The highest BCUT2D eigenvalue weighted by atomic mass is 35.5. The first-order valence-corrected chi connectivity index (χ1v) is 11.4. The van der Waals surface area contributed by atoms with E-state index < -0.39 is 17.1 Å². The van der Waals surface area contributed by atoms with Crippen LogP contribution in [0.3, 0.4) is 0 Å². The van der Waals surface area contributed by atoms with Gasteiger partial charge in [0.1, 0.15) is 36.4 Å². The van der Waals surface area contributed by atoms with Crippen LogP contribution in [0.15, 0.2) is 78.0 Å². The van der Waals surface area contributed by atoms with E-state index in [4.69, 9.17) is 26.8 Å². The van der Waals surface area contributed by atoms with Crippen LogP contribution in [0, 0.1) is 4.91 Å². The highest BCUT2D eigenvalue weighted by Crippen LogP contribution is 2.65. The lowest BCUT2D eigenvalue weighted by atomic mass is 9.60. The van der Waals surface area contributed by atoms with Gasteiger partial charge < -0.3 is 20.3 Å². The van der Waals surface area contributed by atoms with Crippen LogP contribution >= 0.6 is 11.6 Å². The lowest BCUT2D eigenvalue weighted by Crippen LogP contribution is -2.57. The number of ether oxygens (including phenoxy) is 2. The summed E-state index contributed by atoms with van der Waals surface area (Å²) < 4.78 is 12.0. The van der Waals surface area contributed by atoms with Crippen LogP contribution in [0.4, 0.5) is 0 Å². The van der Waals surface area contributed by atoms with Crippen molar-refractivity contribution >= 4 is 11.6 Å². The van der Waals surface area contributed by atoms with Crippen LogP contribution in [-0.4, -0.2) is 30.9 Å². The molecule has 33 heavy (non-hydrogen) atoms. The number of hydrogen-bond donors (Lipinski definition) is 2. The zero-order chi connectivity index (χ0) is 23.1. The minimum absolute atomic E-state index is 0.171. The molecule has 1 saturated carbocycles. The Bertz CT molecular complexity index is 1160. The Kier molecular flexibility index (Phi) is 5.60. The minimum atomic E-state index is -1.58. The highest BCUT2D eigenvalue weighted by molar-refractivity contribution is 6.30. The number of nitroso groups, excluding NO2 is 1. The SMILES string of the molecule is NCCOc1ccc2c(c1)OCC1(c3ccc(Cl)cc3)C(c3ccccc3)CC(N=O)C21O. The van der Waals surface area contributed by atoms with Crippen molar-refractivity contribution in [3.63, 3.8) is 0 Å². The molecule has 0 spiro atoms. The molecule has 3 N–H and O–H groups in total. The van der Waals surface area contributed by atoms with E-state index in [0.29, 0.717) is 41.7 Å². The summed E-state index contributed by atoms with van der Waals surface area (Å²) in [5.41, 5.74) is 5.44. The first-order chi connectivity index (χ1) is 16.0. The van der Waals surface area contributed by atoms with Crippen LogP contribution in [-0.2, 0) is 11.0 Å². The van der Waals surface area contributed by atoms with Crippen molar-refractivity contribution in [3.8, 4) is 11.5 Å². The van der Waals surface area contributed by atoms with Gasteiger partial charge in [0, 0.05) is 29.1 Å². The van der Waals surface area contributed by atoms with Crippen molar-refractivity contribution in [1.29, 1.82) is 0 Å². The summed E-state index contributed by atoms with van der Waals surface area (Å²) in [4.78, 5) is 12.2. The van der Waals surface area contributed by atoms with Crippen LogP contribution in [0.5, 0.6) is 11.5 Å². The molecule has 7 heteroatoms. The smallest absolute Gasteiger partial charge is 0.132 e. The second kappa shape index (κ2) is 8.45. The maximum absolute atomic E-state index is 12.5. The molecule has 2 aliphatic rings. The Balaban J connectivity index is 1.73. The molecule has 0 bridgehead atoms. The molecule has 170 valence electrons. The number of aliphatic hydroxyl groups is 1. The summed E-state index contributed by atoms with van der Waals surface area (Å²) in [6, 6.07) is 21.8. The zero-order valence-corrected chi connectivity index (χ0v) is 18.7. The van der Waals surface area contributed by atoms with Gasteiger partial charge >= 0.3 is 0 Å². The van der Waals surface area contributed by atoms with Crippen LogP contribution in [0.1, 0.15) is 29.0 Å². The van der Waals surface area contributed by atoms with Crippen molar-refractivity contribution in [2.75, 3.05) is 19.8 Å². The number of nitrogens with two attached hydrogens (primary N) is 1. The van der Waals surface area contributed by atoms with Gasteiger partial charge in [-0.1, -0.05) is 59.2 Å². The summed E-state index contributed by atoms with van der Waals surface area (Å²) in [5.74, 6) is 0.878. The van der Waals surface area contributed by atoms with Gasteiger partial charge in [0.05, 0.1) is 5.41 Å². The van der Waals surface area contributed by atoms with E-state index in [-0.39, 0.29) is 12.5 Å². The van der Waals surface area contributed by atoms with Gasteiger partial charge in [-0.2, -0.15) is 4.91 Å². The van der Waals surface area contributed by atoms with Crippen molar-refractivity contribution in [2.24, 2.45) is 10.9 Å². The summed E-state index contributed by atoms with van der Waals surface area (Å²) in [6.45, 7) is 0.924. The predicted molar refractivity (Wildman–Crippen MR) is 127 cm³/mol. The van der Waals surface area contributed by atoms with E-state index in [1.807, 2.05) is 42.5 Å². The van der Waals surface area contributed by atoms with E-state index in [9.17, 15) is 10.0 Å². The molecule has 0 aromatic heterocycles. The second-order valence-electron chi connectivity index (χ2n) is 8.65. The van der Waals surface area contributed by atoms with Crippen molar-refractivity contribution < 1.29 is 14.6 Å². The monoisotopic (exact) mass is 464 g/mol. The normalized spacial score (nSPS) is 27.8. The molecule has 6 nitrogen and oxygen atoms in total. The molecule has 4 unspecified atom stereocenters. The molecular weight excluding hydrogens is 440 g/mol. The number of nitrogens with zero attached hydrogens (tertiary/aromatic N) is 1. The topological polar surface area (TPSA) is 94.1 Å². The van der Waals surface area contributed by atoms with E-state index in [2.05, 4.69) is 5.18 Å². The molecule has 3 aromatic carbocycles. The number of halogens is 1. The molecule has 3 aromatic rings. The Morgan fingerprint density at radius 2 is 1.88 bits per heavy atom. The molecule has 0 amide bonds. The van der Waals surface area contributed by atoms with E-state index in [0.717, 1.165) is 11.1 Å². The third kappa shape index (κ3) is 3.24. The maximum atomic E-state index is 12.5. The third-order valence-corrected chi connectivity index (χ3v) is 7.36. The van der Waals surface area contributed by atoms with Gasteiger partial charge in [0.25, 0.3) is 0 Å². The summed E-state index contributed by atoms with van der Waals surface area (Å²) in [7, 11) is 0. The summed E-state index contributed by atoms with van der Waals surface area (Å²) >= 11 is 6.19. The standard InChI is InChI=1S/C26H25ClN2O4/c27-19-8-6-18(7-9-19)25-16-33-23-14-20(32-13-12-28)10-11-21(23)26(25,30)24(29-31)15-22(25)17-4-2-1-3-5-17/h1-11,14,22,24,30H,12-13,15-16,28H2. The molecule has 0 saturated heterocycles. The fourth-order valence-corrected chi connectivity index (χ4v) is 5.79. The fourth-order valence-electron chi connectivity index (χ4n) is 5.66. The lowest BCUT2D eigenvalue weighted by Gasteiger charge is -2.50. The average Bonchev–Trinajstić information content (AvgIpc) is 3.13. The second-order valence-corrected chi connectivity index (χ2v) is 9.09. The molecule has 1 heterocycles. The van der Waals surface area contributed by atoms with E-state index in [1.54, 1.807) is 30.3 Å². The molecule has 4 atom stereocenters. The number of hydrogen-bond acceptors (Lipinski definition) is 6. The number of rotatable bonds is 6. The third-order valence-electron chi connectivity index (χ3n) is 7.11. The zero-order valence-electron chi connectivity index (χ0n) is 18.0. The van der Waals surface area contributed by atoms with E-state index in [1.165, 1.54) is 0 Å². The van der Waals surface area contributed by atoms with Crippen LogP contribution in [0.2, 0.25) is 5.02 Å². The molecule has 1 fully saturated rings. The highest BCUT2D eigenvalue weighted by Gasteiger charge is 2.70. The molecule has 5 rings (SSSR count). The van der Waals surface area contributed by atoms with E-state index >= 15 is 0 Å². The fraction of sp³-hybridized carbons (Fsp3) is 0.308. The molecule has 0 radical (unpaired) electrons.